The van der Waals surface area contributed by atoms with E-state index in [1.165, 1.54) is 28.7 Å². The minimum atomic E-state index is -0.216. The summed E-state index contributed by atoms with van der Waals surface area (Å²) in [5.41, 5.74) is 4.00. The summed E-state index contributed by atoms with van der Waals surface area (Å²) in [4.78, 5) is 12.7. The lowest BCUT2D eigenvalue weighted by molar-refractivity contribution is 0.0994. The summed E-state index contributed by atoms with van der Waals surface area (Å²) >= 11 is 8.31. The molecule has 0 aliphatic carbocycles. The summed E-state index contributed by atoms with van der Waals surface area (Å²) < 4.78 is 3.23. The third kappa shape index (κ3) is 4.08. The highest BCUT2D eigenvalue weighted by Crippen LogP contribution is 2.29. The highest BCUT2D eigenvalue weighted by atomic mass is 32.2. The first kappa shape index (κ1) is 18.0. The fourth-order valence-corrected chi connectivity index (χ4v) is 4.96. The van der Waals surface area contributed by atoms with Crippen LogP contribution in [0.1, 0.15) is 28.4 Å². The van der Waals surface area contributed by atoms with E-state index in [2.05, 4.69) is 5.10 Å². The molecule has 3 aromatic rings. The Labute approximate surface area is 160 Å². The summed E-state index contributed by atoms with van der Waals surface area (Å²) in [5.74, 6) is 0.112. The van der Waals surface area contributed by atoms with Crippen molar-refractivity contribution < 1.29 is 4.79 Å². The van der Waals surface area contributed by atoms with Gasteiger partial charge in [-0.05, 0) is 62.3 Å². The number of Topliss-reactive ketones (excluding diaryl/α,β-unsaturated/α-hetero) is 1. The number of thioether (sulfide) groups is 1. The Kier molecular flexibility index (Phi) is 5.51. The van der Waals surface area contributed by atoms with Gasteiger partial charge in [-0.15, -0.1) is 5.10 Å². The molecule has 6 heteroatoms. The number of carbonyl (C=O) groups excluding carboxylic acids is 1. The Hall–Kier alpha value is -1.76. The number of nitrogens with zero attached hydrogens (tertiary/aromatic N) is 2. The maximum absolute atomic E-state index is 12.7. The van der Waals surface area contributed by atoms with Gasteiger partial charge in [-0.3, -0.25) is 4.79 Å². The van der Waals surface area contributed by atoms with Gasteiger partial charge in [0.15, 0.2) is 14.1 Å². The van der Waals surface area contributed by atoms with Gasteiger partial charge in [0.05, 0.1) is 10.9 Å². The minimum Gasteiger partial charge on any atom is -0.293 e. The quantitative estimate of drug-likeness (QED) is 0.323. The van der Waals surface area contributed by atoms with Gasteiger partial charge in [-0.1, -0.05) is 53.4 Å². The molecule has 1 aromatic heterocycles. The third-order valence-electron chi connectivity index (χ3n) is 3.97. The number of benzene rings is 2. The zero-order valence-corrected chi connectivity index (χ0v) is 16.7. The summed E-state index contributed by atoms with van der Waals surface area (Å²) in [5, 5.41) is 4.35. The van der Waals surface area contributed by atoms with Crippen LogP contribution in [0.25, 0.3) is 5.69 Å². The molecule has 0 saturated heterocycles. The van der Waals surface area contributed by atoms with Crippen molar-refractivity contribution >= 4 is 41.1 Å². The van der Waals surface area contributed by atoms with Gasteiger partial charge in [0.1, 0.15) is 0 Å². The van der Waals surface area contributed by atoms with Crippen LogP contribution >= 0.6 is 35.3 Å². The summed E-state index contributed by atoms with van der Waals surface area (Å²) in [7, 11) is 0. The first-order valence-electron chi connectivity index (χ1n) is 7.89. The number of rotatable bonds is 5. The molecule has 1 atom stereocenters. The molecule has 0 radical (unpaired) electrons. The first-order chi connectivity index (χ1) is 12.0. The van der Waals surface area contributed by atoms with Crippen LogP contribution < -0.4 is 0 Å². The first-order valence-corrected chi connectivity index (χ1v) is 10.00. The number of hydrogen-bond donors (Lipinski definition) is 0. The molecule has 1 heterocycles. The van der Waals surface area contributed by atoms with E-state index in [1.807, 2.05) is 69.3 Å². The second-order valence-corrected chi connectivity index (χ2v) is 9.02. The lowest BCUT2D eigenvalue weighted by atomic mass is 10.0. The molecule has 0 fully saturated rings. The van der Waals surface area contributed by atoms with E-state index in [1.54, 1.807) is 4.68 Å². The van der Waals surface area contributed by atoms with Crippen LogP contribution in [-0.2, 0) is 0 Å². The van der Waals surface area contributed by atoms with Crippen LogP contribution in [0.5, 0.6) is 0 Å². The molecule has 3 nitrogen and oxygen atoms in total. The predicted octanol–water partition coefficient (Wildman–Crippen LogP) is 5.64. The van der Waals surface area contributed by atoms with Crippen molar-refractivity contribution in [2.24, 2.45) is 0 Å². The Morgan fingerprint density at radius 3 is 2.56 bits per heavy atom. The van der Waals surface area contributed by atoms with Gasteiger partial charge in [0, 0.05) is 5.56 Å². The number of aryl methyl sites for hydroxylation is 2. The smallest absolute Gasteiger partial charge is 0.184 e. The number of para-hydroxylation sites is 1. The molecule has 0 bridgehead atoms. The highest BCUT2D eigenvalue weighted by Gasteiger charge is 2.19. The zero-order valence-electron chi connectivity index (χ0n) is 14.2. The molecular weight excluding hydrogens is 368 g/mol. The van der Waals surface area contributed by atoms with Crippen molar-refractivity contribution in [3.63, 3.8) is 0 Å². The van der Waals surface area contributed by atoms with E-state index >= 15 is 0 Å². The van der Waals surface area contributed by atoms with Crippen LogP contribution in [0.2, 0.25) is 0 Å². The van der Waals surface area contributed by atoms with Gasteiger partial charge < -0.3 is 0 Å². The molecule has 25 heavy (non-hydrogen) atoms. The topological polar surface area (TPSA) is 34.9 Å². The number of ketones is 1. The van der Waals surface area contributed by atoms with Crippen LogP contribution in [0.15, 0.2) is 52.9 Å². The second kappa shape index (κ2) is 7.64. The Morgan fingerprint density at radius 2 is 1.88 bits per heavy atom. The number of carbonyl (C=O) groups is 1. The lowest BCUT2D eigenvalue weighted by Gasteiger charge is -2.09. The molecule has 2 aromatic carbocycles. The van der Waals surface area contributed by atoms with Crippen molar-refractivity contribution in [2.75, 3.05) is 0 Å². The Morgan fingerprint density at radius 1 is 1.16 bits per heavy atom. The average Bonchev–Trinajstić information content (AvgIpc) is 2.97. The van der Waals surface area contributed by atoms with Crippen molar-refractivity contribution in [2.45, 2.75) is 30.4 Å². The fourth-order valence-electron chi connectivity index (χ4n) is 2.37. The maximum Gasteiger partial charge on any atom is 0.184 e. The third-order valence-corrected chi connectivity index (χ3v) is 6.38. The molecule has 0 amide bonds. The minimum absolute atomic E-state index is 0.112. The maximum atomic E-state index is 12.7. The fraction of sp³-hybridized carbons (Fsp3) is 0.211. The molecular formula is C19H18N2OS3. The van der Waals surface area contributed by atoms with Gasteiger partial charge in [0.25, 0.3) is 0 Å². The van der Waals surface area contributed by atoms with Crippen LogP contribution in [-0.4, -0.2) is 20.8 Å². The number of hydrogen-bond acceptors (Lipinski definition) is 5. The van der Waals surface area contributed by atoms with Crippen molar-refractivity contribution in [3.05, 3.63) is 69.2 Å². The molecule has 0 saturated carbocycles. The van der Waals surface area contributed by atoms with E-state index in [-0.39, 0.29) is 11.0 Å². The predicted molar refractivity (Wildman–Crippen MR) is 108 cm³/mol. The van der Waals surface area contributed by atoms with Crippen LogP contribution in [0, 0.1) is 17.8 Å². The normalized spacial score (nSPS) is 12.1. The summed E-state index contributed by atoms with van der Waals surface area (Å²) in [6.07, 6.45) is 0. The Balaban J connectivity index is 1.79. The van der Waals surface area contributed by atoms with Gasteiger partial charge in [0.2, 0.25) is 0 Å². The van der Waals surface area contributed by atoms with Gasteiger partial charge >= 0.3 is 0 Å². The molecule has 3 rings (SSSR count). The Bertz CT molecular complexity index is 960. The number of aromatic nitrogens is 2. The monoisotopic (exact) mass is 386 g/mol. The molecule has 0 aliphatic heterocycles. The molecule has 1 unspecified atom stereocenters. The van der Waals surface area contributed by atoms with Crippen molar-refractivity contribution in [1.82, 2.24) is 9.78 Å². The van der Waals surface area contributed by atoms with Crippen molar-refractivity contribution in [1.29, 1.82) is 0 Å². The van der Waals surface area contributed by atoms with E-state index in [9.17, 15) is 4.79 Å². The van der Waals surface area contributed by atoms with Gasteiger partial charge in [-0.2, -0.15) is 0 Å². The average molecular weight is 387 g/mol. The lowest BCUT2D eigenvalue weighted by Crippen LogP contribution is -2.13. The molecule has 0 spiro atoms. The molecule has 0 aliphatic rings. The second-order valence-electron chi connectivity index (χ2n) is 5.80. The SMILES string of the molecule is Cc1ccc(C(=O)C(C)Sc2nn(-c3ccccc3)c(=S)s2)cc1C. The zero-order chi connectivity index (χ0) is 18.0. The van der Waals surface area contributed by atoms with Crippen LogP contribution in [0.3, 0.4) is 0 Å². The van der Waals surface area contributed by atoms with Crippen molar-refractivity contribution in [3.8, 4) is 5.69 Å². The van der Waals surface area contributed by atoms with E-state index < -0.39 is 0 Å². The molecule has 0 N–H and O–H groups in total. The summed E-state index contributed by atoms with van der Waals surface area (Å²) in [6, 6.07) is 15.6. The molecule has 128 valence electrons. The van der Waals surface area contributed by atoms with E-state index in [0.29, 0.717) is 3.95 Å². The van der Waals surface area contributed by atoms with Gasteiger partial charge in [-0.25, -0.2) is 4.68 Å². The van der Waals surface area contributed by atoms with Crippen LogP contribution in [0.4, 0.5) is 0 Å². The van der Waals surface area contributed by atoms with E-state index in [0.717, 1.165) is 21.2 Å². The van der Waals surface area contributed by atoms with E-state index in [4.69, 9.17) is 12.2 Å². The largest absolute Gasteiger partial charge is 0.293 e. The summed E-state index contributed by atoms with van der Waals surface area (Å²) in [6.45, 7) is 5.99. The highest BCUT2D eigenvalue weighted by molar-refractivity contribution is 8.02. The standard InChI is InChI=1S/C19H18N2OS3/c1-12-9-10-15(11-13(12)2)17(22)14(3)24-18-20-21(19(23)25-18)16-7-5-4-6-8-16/h4-11,14H,1-3H3.